The van der Waals surface area contributed by atoms with Crippen LogP contribution in [0.4, 0.5) is 0 Å². The van der Waals surface area contributed by atoms with Crippen molar-refractivity contribution < 1.29 is 4.79 Å². The van der Waals surface area contributed by atoms with E-state index < -0.39 is 0 Å². The van der Waals surface area contributed by atoms with Crippen molar-refractivity contribution in [2.24, 2.45) is 5.92 Å². The van der Waals surface area contributed by atoms with E-state index in [-0.39, 0.29) is 11.7 Å². The van der Waals surface area contributed by atoms with Crippen LogP contribution in [0.1, 0.15) is 54.6 Å². The molecule has 22 heavy (non-hydrogen) atoms. The lowest BCUT2D eigenvalue weighted by molar-refractivity contribution is 0.0966. The summed E-state index contributed by atoms with van der Waals surface area (Å²) in [6.07, 6.45) is 1.53. The maximum atomic E-state index is 12.6. The summed E-state index contributed by atoms with van der Waals surface area (Å²) >= 11 is 5.96. The van der Waals surface area contributed by atoms with Gasteiger partial charge in [-0.2, -0.15) is 0 Å². The van der Waals surface area contributed by atoms with E-state index in [9.17, 15) is 4.79 Å². The van der Waals surface area contributed by atoms with Crippen LogP contribution in [0.25, 0.3) is 0 Å². The minimum Gasteiger partial charge on any atom is -0.294 e. The Hall–Kier alpha value is -1.60. The number of Topliss-reactive ketones (excluding diaryl/α,β-unsaturated/α-hetero) is 1. The summed E-state index contributed by atoms with van der Waals surface area (Å²) in [5, 5.41) is 0.729. The second-order valence-electron chi connectivity index (χ2n) is 6.08. The Labute approximate surface area is 138 Å². The third-order valence-corrected chi connectivity index (χ3v) is 4.44. The monoisotopic (exact) mass is 314 g/mol. The third kappa shape index (κ3) is 4.20. The van der Waals surface area contributed by atoms with Crippen molar-refractivity contribution in [2.75, 3.05) is 0 Å². The van der Waals surface area contributed by atoms with E-state index in [1.807, 2.05) is 48.5 Å². The van der Waals surface area contributed by atoms with Gasteiger partial charge in [-0.15, -0.1) is 0 Å². The number of halogens is 1. The molecule has 116 valence electrons. The number of aryl methyl sites for hydroxylation is 1. The number of carbonyl (C=O) groups excluding carboxylic acids is 1. The Morgan fingerprint density at radius 2 is 1.59 bits per heavy atom. The number of hydrogen-bond donors (Lipinski definition) is 0. The van der Waals surface area contributed by atoms with Crippen molar-refractivity contribution in [3.05, 3.63) is 70.2 Å². The first-order chi connectivity index (χ1) is 10.5. The van der Waals surface area contributed by atoms with E-state index in [2.05, 4.69) is 20.8 Å². The van der Waals surface area contributed by atoms with Crippen molar-refractivity contribution in [3.63, 3.8) is 0 Å². The molecule has 0 aliphatic rings. The largest absolute Gasteiger partial charge is 0.294 e. The first-order valence-electron chi connectivity index (χ1n) is 7.89. The zero-order valence-corrected chi connectivity index (χ0v) is 14.2. The number of hydrogen-bond acceptors (Lipinski definition) is 1. The molecule has 2 heteroatoms. The lowest BCUT2D eigenvalue weighted by atomic mass is 9.83. The third-order valence-electron chi connectivity index (χ3n) is 4.19. The molecule has 0 aliphatic carbocycles. The maximum absolute atomic E-state index is 12.6. The van der Waals surface area contributed by atoms with Crippen LogP contribution in [0.3, 0.4) is 0 Å². The smallest absolute Gasteiger partial charge is 0.163 e. The first kappa shape index (κ1) is 16.8. The molecule has 0 aliphatic heterocycles. The highest BCUT2D eigenvalue weighted by Crippen LogP contribution is 2.30. The van der Waals surface area contributed by atoms with Crippen molar-refractivity contribution >= 4 is 17.4 Å². The van der Waals surface area contributed by atoms with Crippen LogP contribution in [0.5, 0.6) is 0 Å². The summed E-state index contributed by atoms with van der Waals surface area (Å²) in [6.45, 7) is 6.44. The Balaban J connectivity index is 2.16. The van der Waals surface area contributed by atoms with Crippen LogP contribution in [0, 0.1) is 5.92 Å². The van der Waals surface area contributed by atoms with Crippen LogP contribution in [0.2, 0.25) is 5.02 Å². The Bertz CT molecular complexity index is 611. The fourth-order valence-corrected chi connectivity index (χ4v) is 2.82. The SMILES string of the molecule is CCc1ccc(C(=O)CC(c2ccc(Cl)cc2)C(C)C)cc1. The molecule has 0 spiro atoms. The van der Waals surface area contributed by atoms with Gasteiger partial charge in [-0.25, -0.2) is 0 Å². The van der Waals surface area contributed by atoms with E-state index >= 15 is 0 Å². The van der Waals surface area contributed by atoms with Crippen molar-refractivity contribution in [1.29, 1.82) is 0 Å². The summed E-state index contributed by atoms with van der Waals surface area (Å²) in [7, 11) is 0. The van der Waals surface area contributed by atoms with E-state index in [0.717, 1.165) is 17.0 Å². The molecular weight excluding hydrogens is 292 g/mol. The van der Waals surface area contributed by atoms with Crippen LogP contribution in [-0.2, 0) is 6.42 Å². The van der Waals surface area contributed by atoms with Gasteiger partial charge in [-0.05, 0) is 41.5 Å². The lowest BCUT2D eigenvalue weighted by Crippen LogP contribution is -2.13. The van der Waals surface area contributed by atoms with Crippen molar-refractivity contribution in [1.82, 2.24) is 0 Å². The molecule has 0 N–H and O–H groups in total. The second kappa shape index (κ2) is 7.60. The summed E-state index contributed by atoms with van der Waals surface area (Å²) < 4.78 is 0. The predicted octanol–water partition coefficient (Wildman–Crippen LogP) is 5.92. The fourth-order valence-electron chi connectivity index (χ4n) is 2.69. The van der Waals surface area contributed by atoms with Gasteiger partial charge in [0.05, 0.1) is 0 Å². The zero-order valence-electron chi connectivity index (χ0n) is 13.5. The number of rotatable bonds is 6. The average Bonchev–Trinajstić information content (AvgIpc) is 2.53. The van der Waals surface area contributed by atoms with E-state index in [0.29, 0.717) is 12.3 Å². The molecule has 0 aromatic heterocycles. The highest BCUT2D eigenvalue weighted by Gasteiger charge is 2.20. The molecule has 2 aromatic rings. The van der Waals surface area contributed by atoms with Gasteiger partial charge in [-0.3, -0.25) is 4.79 Å². The average molecular weight is 315 g/mol. The van der Waals surface area contributed by atoms with Crippen molar-refractivity contribution in [3.8, 4) is 0 Å². The molecule has 2 aromatic carbocycles. The van der Waals surface area contributed by atoms with Crippen LogP contribution < -0.4 is 0 Å². The zero-order chi connectivity index (χ0) is 16.1. The predicted molar refractivity (Wildman–Crippen MR) is 93.8 cm³/mol. The molecule has 0 fully saturated rings. The molecular formula is C20H23ClO. The molecule has 0 radical (unpaired) electrons. The Morgan fingerprint density at radius 3 is 2.09 bits per heavy atom. The van der Waals surface area contributed by atoms with Gasteiger partial charge in [0.15, 0.2) is 5.78 Å². The Kier molecular flexibility index (Phi) is 5.79. The number of carbonyl (C=O) groups is 1. The number of benzene rings is 2. The summed E-state index contributed by atoms with van der Waals surface area (Å²) in [5.74, 6) is 0.826. The highest BCUT2D eigenvalue weighted by molar-refractivity contribution is 6.30. The first-order valence-corrected chi connectivity index (χ1v) is 8.26. The molecule has 0 amide bonds. The molecule has 2 rings (SSSR count). The van der Waals surface area contributed by atoms with E-state index in [4.69, 9.17) is 11.6 Å². The van der Waals surface area contributed by atoms with Gasteiger partial charge in [0.2, 0.25) is 0 Å². The lowest BCUT2D eigenvalue weighted by Gasteiger charge is -2.21. The van der Waals surface area contributed by atoms with E-state index in [1.54, 1.807) is 0 Å². The maximum Gasteiger partial charge on any atom is 0.163 e. The quantitative estimate of drug-likeness (QED) is 0.605. The van der Waals surface area contributed by atoms with Gasteiger partial charge in [0.1, 0.15) is 0 Å². The highest BCUT2D eigenvalue weighted by atomic mass is 35.5. The van der Waals surface area contributed by atoms with Crippen LogP contribution in [-0.4, -0.2) is 5.78 Å². The molecule has 1 unspecified atom stereocenters. The van der Waals surface area contributed by atoms with Crippen LogP contribution in [0.15, 0.2) is 48.5 Å². The minimum atomic E-state index is 0.205. The molecule has 0 heterocycles. The fraction of sp³-hybridized carbons (Fsp3) is 0.350. The van der Waals surface area contributed by atoms with E-state index in [1.165, 1.54) is 11.1 Å². The minimum absolute atomic E-state index is 0.205. The molecule has 0 bridgehead atoms. The Morgan fingerprint density at radius 1 is 1.00 bits per heavy atom. The topological polar surface area (TPSA) is 17.1 Å². The summed E-state index contributed by atoms with van der Waals surface area (Å²) in [5.41, 5.74) is 3.24. The summed E-state index contributed by atoms with van der Waals surface area (Å²) in [6, 6.07) is 15.8. The molecule has 0 saturated carbocycles. The van der Waals surface area contributed by atoms with Crippen molar-refractivity contribution in [2.45, 2.75) is 39.5 Å². The van der Waals surface area contributed by atoms with Gasteiger partial charge < -0.3 is 0 Å². The van der Waals surface area contributed by atoms with Gasteiger partial charge in [0.25, 0.3) is 0 Å². The molecule has 1 atom stereocenters. The summed E-state index contributed by atoms with van der Waals surface area (Å²) in [4.78, 5) is 12.6. The van der Waals surface area contributed by atoms with Gasteiger partial charge in [0, 0.05) is 17.0 Å². The van der Waals surface area contributed by atoms with Gasteiger partial charge >= 0.3 is 0 Å². The number of ketones is 1. The standard InChI is InChI=1S/C20H23ClO/c1-4-15-5-7-17(8-6-15)20(22)13-19(14(2)3)16-9-11-18(21)12-10-16/h5-12,14,19H,4,13H2,1-3H3. The molecule has 0 saturated heterocycles. The molecule has 1 nitrogen and oxygen atoms in total. The second-order valence-corrected chi connectivity index (χ2v) is 6.52. The van der Waals surface area contributed by atoms with Gasteiger partial charge in [-0.1, -0.05) is 68.8 Å². The normalized spacial score (nSPS) is 12.4. The van der Waals surface area contributed by atoms with Crippen LogP contribution >= 0.6 is 11.6 Å².